The Hall–Kier alpha value is -2.22. The summed E-state index contributed by atoms with van der Waals surface area (Å²) in [7, 11) is 0. The Balaban J connectivity index is 2.17. The summed E-state index contributed by atoms with van der Waals surface area (Å²) in [5.74, 6) is -1.29. The van der Waals surface area contributed by atoms with Crippen LogP contribution in [0.2, 0.25) is 0 Å². The van der Waals surface area contributed by atoms with E-state index in [0.717, 1.165) is 0 Å². The Morgan fingerprint density at radius 3 is 2.70 bits per heavy atom. The summed E-state index contributed by atoms with van der Waals surface area (Å²) < 4.78 is 5.32. The van der Waals surface area contributed by atoms with E-state index in [9.17, 15) is 9.59 Å². The van der Waals surface area contributed by atoms with Gasteiger partial charge < -0.3 is 10.4 Å². The van der Waals surface area contributed by atoms with Crippen molar-refractivity contribution < 1.29 is 14.7 Å². The number of aliphatic carboxylic acids is 1. The number of carbonyl (C=O) groups excluding carboxylic acids is 1. The second kappa shape index (κ2) is 5.04. The van der Waals surface area contributed by atoms with Crippen LogP contribution in [0.5, 0.6) is 0 Å². The molecule has 0 bridgehead atoms. The third-order valence-electron chi connectivity index (χ3n) is 2.93. The lowest BCUT2D eigenvalue weighted by Crippen LogP contribution is -2.35. The summed E-state index contributed by atoms with van der Waals surface area (Å²) >= 11 is 1.21. The quantitative estimate of drug-likeness (QED) is 0.894. The monoisotopic (exact) mass is 294 g/mol. The van der Waals surface area contributed by atoms with Crippen LogP contribution in [0.25, 0.3) is 0 Å². The molecular weight excluding hydrogens is 280 g/mol. The Morgan fingerprint density at radius 2 is 2.15 bits per heavy atom. The van der Waals surface area contributed by atoms with Gasteiger partial charge in [0.05, 0.1) is 23.1 Å². The molecule has 7 nitrogen and oxygen atoms in total. The lowest BCUT2D eigenvalue weighted by Gasteiger charge is -2.19. The highest BCUT2D eigenvalue weighted by atomic mass is 32.1. The number of nitrogens with zero attached hydrogens (tertiary/aromatic N) is 3. The van der Waals surface area contributed by atoms with Crippen molar-refractivity contribution in [1.29, 1.82) is 0 Å². The summed E-state index contributed by atoms with van der Waals surface area (Å²) in [5.41, 5.74) is 0.420. The molecule has 0 fully saturated rings. The SMILES string of the molecule is Cc1nscc1C(=O)Nc1cnn(C(C)(C)C(=O)O)c1. The highest BCUT2D eigenvalue weighted by Gasteiger charge is 2.30. The van der Waals surface area contributed by atoms with Crippen LogP contribution in [0.3, 0.4) is 0 Å². The zero-order valence-corrected chi connectivity index (χ0v) is 12.1. The number of rotatable bonds is 4. The summed E-state index contributed by atoms with van der Waals surface area (Å²) in [4.78, 5) is 23.1. The van der Waals surface area contributed by atoms with Gasteiger partial charge in [-0.05, 0) is 32.3 Å². The van der Waals surface area contributed by atoms with Gasteiger partial charge >= 0.3 is 5.97 Å². The fourth-order valence-corrected chi connectivity index (χ4v) is 2.19. The fraction of sp³-hybridized carbons (Fsp3) is 0.333. The van der Waals surface area contributed by atoms with Crippen LogP contribution in [0.1, 0.15) is 29.9 Å². The molecule has 2 heterocycles. The Bertz CT molecular complexity index is 659. The zero-order valence-electron chi connectivity index (χ0n) is 11.2. The Labute approximate surface area is 119 Å². The molecule has 0 atom stereocenters. The van der Waals surface area contributed by atoms with Gasteiger partial charge in [0.1, 0.15) is 0 Å². The molecule has 0 radical (unpaired) electrons. The number of carboxylic acids is 1. The van der Waals surface area contributed by atoms with Crippen molar-refractivity contribution in [3.05, 3.63) is 29.0 Å². The highest BCUT2D eigenvalue weighted by Crippen LogP contribution is 2.18. The Morgan fingerprint density at radius 1 is 1.45 bits per heavy atom. The van der Waals surface area contributed by atoms with Gasteiger partial charge in [0.15, 0.2) is 5.54 Å². The topological polar surface area (TPSA) is 97.1 Å². The first-order chi connectivity index (χ1) is 9.32. The second-order valence-electron chi connectivity index (χ2n) is 4.81. The molecule has 0 aliphatic heterocycles. The highest BCUT2D eigenvalue weighted by molar-refractivity contribution is 7.04. The molecule has 0 saturated heterocycles. The van der Waals surface area contributed by atoms with Gasteiger partial charge in [0, 0.05) is 11.6 Å². The molecule has 8 heteroatoms. The molecule has 0 spiro atoms. The molecule has 106 valence electrons. The number of hydrogen-bond acceptors (Lipinski definition) is 5. The second-order valence-corrected chi connectivity index (χ2v) is 5.43. The minimum Gasteiger partial charge on any atom is -0.479 e. The number of amides is 1. The summed E-state index contributed by atoms with van der Waals surface area (Å²) in [6.45, 7) is 4.81. The van der Waals surface area contributed by atoms with Crippen molar-refractivity contribution in [2.75, 3.05) is 5.32 Å². The van der Waals surface area contributed by atoms with Crippen molar-refractivity contribution in [3.8, 4) is 0 Å². The number of aryl methyl sites for hydroxylation is 1. The van der Waals surface area contributed by atoms with Crippen molar-refractivity contribution in [2.45, 2.75) is 26.3 Å². The van der Waals surface area contributed by atoms with E-state index in [4.69, 9.17) is 5.11 Å². The molecule has 2 rings (SSSR count). The van der Waals surface area contributed by atoms with Crippen molar-refractivity contribution in [2.24, 2.45) is 0 Å². The van der Waals surface area contributed by atoms with Crippen LogP contribution < -0.4 is 5.32 Å². The molecular formula is C12H14N4O3S. The molecule has 1 amide bonds. The van der Waals surface area contributed by atoms with Crippen molar-refractivity contribution in [1.82, 2.24) is 14.2 Å². The van der Waals surface area contributed by atoms with E-state index in [2.05, 4.69) is 14.8 Å². The summed E-state index contributed by atoms with van der Waals surface area (Å²) in [6, 6.07) is 0. The van der Waals surface area contributed by atoms with Crippen LogP contribution >= 0.6 is 11.5 Å². The molecule has 0 unspecified atom stereocenters. The van der Waals surface area contributed by atoms with Gasteiger partial charge in [-0.2, -0.15) is 9.47 Å². The van der Waals surface area contributed by atoms with E-state index in [1.807, 2.05) is 0 Å². The maximum atomic E-state index is 12.0. The van der Waals surface area contributed by atoms with Crippen LogP contribution in [0.4, 0.5) is 5.69 Å². The van der Waals surface area contributed by atoms with Crippen molar-refractivity contribution in [3.63, 3.8) is 0 Å². The molecule has 0 aliphatic rings. The maximum absolute atomic E-state index is 12.0. The average molecular weight is 294 g/mol. The van der Waals surface area contributed by atoms with E-state index >= 15 is 0 Å². The zero-order chi connectivity index (χ0) is 14.9. The standard InChI is InChI=1S/C12H14N4O3S/c1-7-9(6-20-15-7)10(17)14-8-4-13-16(5-8)12(2,3)11(18)19/h4-6H,1-3H3,(H,14,17)(H,18,19). The number of carboxylic acid groups (broad SMARTS) is 1. The van der Waals surface area contributed by atoms with Crippen LogP contribution in [-0.4, -0.2) is 31.1 Å². The molecule has 20 heavy (non-hydrogen) atoms. The lowest BCUT2D eigenvalue weighted by molar-refractivity contribution is -0.146. The minimum absolute atomic E-state index is 0.288. The maximum Gasteiger partial charge on any atom is 0.331 e. The van der Waals surface area contributed by atoms with Gasteiger partial charge in [-0.3, -0.25) is 9.48 Å². The van der Waals surface area contributed by atoms with Gasteiger partial charge in [0.25, 0.3) is 5.91 Å². The van der Waals surface area contributed by atoms with E-state index < -0.39 is 11.5 Å². The number of hydrogen-bond donors (Lipinski definition) is 2. The predicted octanol–water partition coefficient (Wildman–Crippen LogP) is 1.72. The van der Waals surface area contributed by atoms with Crippen LogP contribution in [0, 0.1) is 6.92 Å². The largest absolute Gasteiger partial charge is 0.479 e. The lowest BCUT2D eigenvalue weighted by atomic mass is 10.1. The normalized spacial score (nSPS) is 11.3. The smallest absolute Gasteiger partial charge is 0.331 e. The first-order valence-corrected chi connectivity index (χ1v) is 6.67. The Kier molecular flexibility index (Phi) is 3.58. The summed E-state index contributed by atoms with van der Waals surface area (Å²) in [5, 5.41) is 17.4. The summed E-state index contributed by atoms with van der Waals surface area (Å²) in [6.07, 6.45) is 2.90. The molecule has 0 saturated carbocycles. The van der Waals surface area contributed by atoms with E-state index in [0.29, 0.717) is 16.9 Å². The number of nitrogens with one attached hydrogen (secondary N) is 1. The van der Waals surface area contributed by atoms with Gasteiger partial charge in [-0.15, -0.1) is 0 Å². The predicted molar refractivity (Wildman–Crippen MR) is 74.0 cm³/mol. The number of aromatic nitrogens is 3. The van der Waals surface area contributed by atoms with Crippen LogP contribution in [0.15, 0.2) is 17.8 Å². The van der Waals surface area contributed by atoms with E-state index in [-0.39, 0.29) is 5.91 Å². The van der Waals surface area contributed by atoms with E-state index in [1.54, 1.807) is 12.3 Å². The van der Waals surface area contributed by atoms with E-state index in [1.165, 1.54) is 42.5 Å². The first kappa shape index (κ1) is 14.2. The minimum atomic E-state index is -1.18. The molecule has 0 aliphatic carbocycles. The first-order valence-electron chi connectivity index (χ1n) is 5.83. The molecule has 2 N–H and O–H groups in total. The molecule has 2 aromatic heterocycles. The fourth-order valence-electron chi connectivity index (χ4n) is 1.50. The van der Waals surface area contributed by atoms with Gasteiger partial charge in [-0.1, -0.05) is 0 Å². The van der Waals surface area contributed by atoms with Gasteiger partial charge in [-0.25, -0.2) is 4.79 Å². The average Bonchev–Trinajstić information content (AvgIpc) is 2.97. The third kappa shape index (κ3) is 2.55. The number of carbonyl (C=O) groups is 2. The van der Waals surface area contributed by atoms with Crippen molar-refractivity contribution >= 4 is 29.1 Å². The van der Waals surface area contributed by atoms with Crippen LogP contribution in [-0.2, 0) is 10.3 Å². The van der Waals surface area contributed by atoms with Gasteiger partial charge in [0.2, 0.25) is 0 Å². The number of anilines is 1. The third-order valence-corrected chi connectivity index (χ3v) is 3.65. The molecule has 2 aromatic rings. The molecule has 0 aromatic carbocycles.